The van der Waals surface area contributed by atoms with Crippen molar-refractivity contribution in [3.05, 3.63) is 65.4 Å². The van der Waals surface area contributed by atoms with Crippen LogP contribution in [0.4, 0.5) is 0 Å². The molecule has 0 unspecified atom stereocenters. The second-order valence-electron chi connectivity index (χ2n) is 10.5. The summed E-state index contributed by atoms with van der Waals surface area (Å²) in [5.74, 6) is 0. The fourth-order valence-corrected chi connectivity index (χ4v) is 10.3. The number of aryl methyl sites for hydroxylation is 4. The zero-order valence-corrected chi connectivity index (χ0v) is 22.6. The topological polar surface area (TPSA) is 8.29 Å². The van der Waals surface area contributed by atoms with E-state index in [0.29, 0.717) is 0 Å². The fraction of sp³-hybridized carbons (Fsp3) is 0.323. The predicted octanol–water partition coefficient (Wildman–Crippen LogP) is 7.46. The number of pyridine rings is 2. The predicted molar refractivity (Wildman–Crippen MR) is 151 cm³/mol. The minimum Gasteiger partial charge on any atom is -0.307 e. The molecule has 0 saturated carbocycles. The van der Waals surface area contributed by atoms with Crippen molar-refractivity contribution < 1.29 is 4.57 Å². The molecule has 0 fully saturated rings. The van der Waals surface area contributed by atoms with E-state index in [-0.39, 0.29) is 0 Å². The lowest BCUT2D eigenvalue weighted by Crippen LogP contribution is -2.45. The summed E-state index contributed by atoms with van der Waals surface area (Å²) in [4.78, 5) is 0. The van der Waals surface area contributed by atoms with E-state index in [1.165, 1.54) is 83.8 Å². The van der Waals surface area contributed by atoms with Crippen molar-refractivity contribution in [2.45, 2.75) is 59.7 Å². The Morgan fingerprint density at radius 2 is 1.53 bits per heavy atom. The second kappa shape index (κ2) is 7.29. The van der Waals surface area contributed by atoms with Gasteiger partial charge in [0.05, 0.1) is 35.4 Å². The average Bonchev–Trinajstić information content (AvgIpc) is 3.15. The molecule has 0 aliphatic heterocycles. The number of hydrogen-bond acceptors (Lipinski definition) is 0. The third-order valence-electron chi connectivity index (χ3n) is 9.06. The van der Waals surface area contributed by atoms with Gasteiger partial charge in [0.2, 0.25) is 5.52 Å². The number of hydrogen-bond donors (Lipinski definition) is 0. The average molecular weight is 464 g/mol. The van der Waals surface area contributed by atoms with Crippen LogP contribution in [0.3, 0.4) is 0 Å². The summed E-state index contributed by atoms with van der Waals surface area (Å²) >= 11 is 0. The largest absolute Gasteiger partial charge is 0.307 e. The third-order valence-corrected chi connectivity index (χ3v) is 14.6. The summed E-state index contributed by atoms with van der Waals surface area (Å²) in [6.07, 6.45) is 2.27. The molecule has 34 heavy (non-hydrogen) atoms. The van der Waals surface area contributed by atoms with Crippen LogP contribution in [0.15, 0.2) is 48.7 Å². The smallest absolute Gasteiger partial charge is 0.224 e. The highest BCUT2D eigenvalue weighted by molar-refractivity contribution is 6.92. The van der Waals surface area contributed by atoms with Crippen molar-refractivity contribution in [1.29, 1.82) is 0 Å². The molecule has 172 valence electrons. The summed E-state index contributed by atoms with van der Waals surface area (Å²) in [7, 11) is 0.678. The van der Waals surface area contributed by atoms with E-state index in [9.17, 15) is 0 Å². The molecule has 0 N–H and O–H groups in total. The molecule has 3 aromatic carbocycles. The quantitative estimate of drug-likeness (QED) is 0.111. The highest BCUT2D eigenvalue weighted by Gasteiger charge is 2.32. The van der Waals surface area contributed by atoms with Gasteiger partial charge in [-0.3, -0.25) is 0 Å². The van der Waals surface area contributed by atoms with Crippen molar-refractivity contribution in [1.82, 2.24) is 4.40 Å². The molecule has 6 rings (SSSR count). The van der Waals surface area contributed by atoms with Crippen molar-refractivity contribution in [2.24, 2.45) is 7.05 Å². The molecule has 0 atom stereocenters. The van der Waals surface area contributed by atoms with Gasteiger partial charge in [0.15, 0.2) is 6.20 Å². The Labute approximate surface area is 203 Å². The van der Waals surface area contributed by atoms with Crippen molar-refractivity contribution >= 4 is 62.3 Å². The number of nitrogens with zero attached hydrogens (tertiary/aromatic N) is 2. The van der Waals surface area contributed by atoms with Crippen molar-refractivity contribution in [2.75, 3.05) is 0 Å². The summed E-state index contributed by atoms with van der Waals surface area (Å²) in [6.45, 7) is 14.0. The summed E-state index contributed by atoms with van der Waals surface area (Å²) < 4.78 is 4.95. The first kappa shape index (κ1) is 21.6. The standard InChI is InChI=1S/C31H35N2Si/c1-8-34(9-2,10-3)23-17-22-13-14-32(7)31-28-21(6)20(5)16-25-24-15-19(4)11-12-26(24)33(30(25)28)27(18-23)29(22)31/h11-18H,8-10H2,1-7H3/q+1. The van der Waals surface area contributed by atoms with Crippen LogP contribution in [-0.4, -0.2) is 12.5 Å². The Balaban J connectivity index is 1.99. The maximum Gasteiger partial charge on any atom is 0.224 e. The molecule has 0 bridgehead atoms. The van der Waals surface area contributed by atoms with Gasteiger partial charge in [-0.1, -0.05) is 61.8 Å². The van der Waals surface area contributed by atoms with Crippen LogP contribution in [0, 0.1) is 20.8 Å². The summed E-state index contributed by atoms with van der Waals surface area (Å²) in [5.41, 5.74) is 9.55. The third kappa shape index (κ3) is 2.59. The van der Waals surface area contributed by atoms with Crippen molar-refractivity contribution in [3.63, 3.8) is 0 Å². The van der Waals surface area contributed by atoms with Crippen LogP contribution in [0.5, 0.6) is 0 Å². The molecule has 0 radical (unpaired) electrons. The Hall–Kier alpha value is -2.91. The maximum absolute atomic E-state index is 2.60. The molecular weight excluding hydrogens is 428 g/mol. The molecule has 0 aliphatic carbocycles. The minimum atomic E-state index is -1.54. The summed E-state index contributed by atoms with van der Waals surface area (Å²) in [6, 6.07) is 20.8. The van der Waals surface area contributed by atoms with Gasteiger partial charge in [0.1, 0.15) is 7.05 Å². The highest BCUT2D eigenvalue weighted by atomic mass is 28.3. The molecule has 0 aliphatic rings. The first-order valence-electron chi connectivity index (χ1n) is 12.9. The molecule has 0 spiro atoms. The van der Waals surface area contributed by atoms with E-state index < -0.39 is 8.07 Å². The molecule has 0 saturated heterocycles. The van der Waals surface area contributed by atoms with Gasteiger partial charge in [0.25, 0.3) is 0 Å². The molecule has 6 aromatic rings. The van der Waals surface area contributed by atoms with Gasteiger partial charge < -0.3 is 4.40 Å². The van der Waals surface area contributed by atoms with E-state index in [0.717, 1.165) is 0 Å². The molecular formula is C31H35N2Si+. The lowest BCUT2D eigenvalue weighted by Gasteiger charge is -2.29. The Morgan fingerprint density at radius 1 is 0.794 bits per heavy atom. The van der Waals surface area contributed by atoms with Crippen LogP contribution in [-0.2, 0) is 7.05 Å². The Morgan fingerprint density at radius 3 is 2.24 bits per heavy atom. The number of rotatable bonds is 4. The monoisotopic (exact) mass is 463 g/mol. The van der Waals surface area contributed by atoms with Gasteiger partial charge >= 0.3 is 0 Å². The van der Waals surface area contributed by atoms with Crippen LogP contribution in [0.1, 0.15) is 37.5 Å². The van der Waals surface area contributed by atoms with E-state index in [2.05, 4.69) is 106 Å². The molecule has 3 heterocycles. The van der Waals surface area contributed by atoms with E-state index >= 15 is 0 Å². The van der Waals surface area contributed by atoms with Gasteiger partial charge in [-0.25, -0.2) is 4.57 Å². The van der Waals surface area contributed by atoms with Gasteiger partial charge in [0, 0.05) is 16.8 Å². The zero-order valence-electron chi connectivity index (χ0n) is 21.6. The first-order chi connectivity index (χ1) is 16.3. The lowest BCUT2D eigenvalue weighted by atomic mass is 9.96. The normalized spacial score (nSPS) is 12.9. The van der Waals surface area contributed by atoms with Crippen molar-refractivity contribution in [3.8, 4) is 0 Å². The van der Waals surface area contributed by atoms with E-state index in [1.54, 1.807) is 5.19 Å². The van der Waals surface area contributed by atoms with Gasteiger partial charge in [-0.15, -0.1) is 0 Å². The maximum atomic E-state index is 2.60. The number of aromatic nitrogens is 2. The van der Waals surface area contributed by atoms with Gasteiger partial charge in [-0.2, -0.15) is 0 Å². The second-order valence-corrected chi connectivity index (χ2v) is 15.8. The highest BCUT2D eigenvalue weighted by Crippen LogP contribution is 2.42. The zero-order chi connectivity index (χ0) is 23.9. The van der Waals surface area contributed by atoms with Crippen LogP contribution < -0.4 is 9.75 Å². The SMILES string of the molecule is CC[Si](CC)(CC)c1cc2cc[n+](C)c3c4c(C)c(C)cc5c6cc(C)ccc6n(c(c1)c23)c54. The molecule has 3 heteroatoms. The molecule has 0 amide bonds. The van der Waals surface area contributed by atoms with Crippen LogP contribution >= 0.6 is 0 Å². The fourth-order valence-electron chi connectivity index (χ4n) is 6.69. The lowest BCUT2D eigenvalue weighted by molar-refractivity contribution is -0.643. The molecule has 2 nitrogen and oxygen atoms in total. The Bertz CT molecular complexity index is 1740. The van der Waals surface area contributed by atoms with E-state index in [1.807, 2.05) is 0 Å². The van der Waals surface area contributed by atoms with Crippen LogP contribution in [0.25, 0.3) is 49.0 Å². The van der Waals surface area contributed by atoms with E-state index in [4.69, 9.17) is 0 Å². The van der Waals surface area contributed by atoms with Gasteiger partial charge in [-0.05, 0) is 61.5 Å². The summed E-state index contributed by atoms with van der Waals surface area (Å²) in [5, 5.41) is 8.58. The van der Waals surface area contributed by atoms with Crippen LogP contribution in [0.2, 0.25) is 18.1 Å². The first-order valence-corrected chi connectivity index (χ1v) is 15.5. The minimum absolute atomic E-state index is 1.30. The Kier molecular flexibility index (Phi) is 4.63. The molecule has 3 aromatic heterocycles. The number of benzene rings is 3. The number of fused-ring (bicyclic) bond motifs is 5.